The molecule has 0 bridgehead atoms. The summed E-state index contributed by atoms with van der Waals surface area (Å²) in [6.07, 6.45) is 0. The fourth-order valence-corrected chi connectivity index (χ4v) is 2.37. The fraction of sp³-hybridized carbons (Fsp3) is 0.625. The summed E-state index contributed by atoms with van der Waals surface area (Å²) >= 11 is 0. The Balaban J connectivity index is 2.56. The second-order valence-electron chi connectivity index (χ2n) is 5.66. The molecule has 18 heavy (non-hydrogen) atoms. The van der Waals surface area contributed by atoms with Crippen molar-refractivity contribution in [3.8, 4) is 0 Å². The summed E-state index contributed by atoms with van der Waals surface area (Å²) in [5.74, 6) is 1.19. The van der Waals surface area contributed by atoms with Gasteiger partial charge in [-0.25, -0.2) is 0 Å². The van der Waals surface area contributed by atoms with Crippen molar-refractivity contribution in [2.75, 3.05) is 19.6 Å². The van der Waals surface area contributed by atoms with Gasteiger partial charge in [-0.2, -0.15) is 0 Å². The van der Waals surface area contributed by atoms with Crippen LogP contribution in [0.3, 0.4) is 0 Å². The molecule has 0 fully saturated rings. The lowest BCUT2D eigenvalue weighted by molar-refractivity contribution is 0.210. The Bertz CT molecular complexity index is 321. The highest BCUT2D eigenvalue weighted by Gasteiger charge is 2.17. The van der Waals surface area contributed by atoms with E-state index in [0.717, 1.165) is 19.6 Å². The highest BCUT2D eigenvalue weighted by molar-refractivity contribution is 5.19. The van der Waals surface area contributed by atoms with Gasteiger partial charge in [0.15, 0.2) is 0 Å². The van der Waals surface area contributed by atoms with Gasteiger partial charge in [-0.15, -0.1) is 0 Å². The van der Waals surface area contributed by atoms with Gasteiger partial charge >= 0.3 is 0 Å². The molecular weight excluding hydrogens is 220 g/mol. The standard InChI is InChI=1S/C16H28N2/c1-5-18(11-13(2)3)12-14(4)16(17)15-9-7-6-8-10-15/h6-10,13-14,16H,5,11-12,17H2,1-4H3. The first kappa shape index (κ1) is 15.2. The molecule has 0 amide bonds. The zero-order valence-electron chi connectivity index (χ0n) is 12.3. The van der Waals surface area contributed by atoms with Gasteiger partial charge < -0.3 is 10.6 Å². The van der Waals surface area contributed by atoms with Gasteiger partial charge in [0, 0.05) is 19.1 Å². The Morgan fingerprint density at radius 1 is 1.06 bits per heavy atom. The van der Waals surface area contributed by atoms with Gasteiger partial charge in [0.05, 0.1) is 0 Å². The van der Waals surface area contributed by atoms with Crippen LogP contribution in [0.1, 0.15) is 39.3 Å². The Morgan fingerprint density at radius 2 is 1.67 bits per heavy atom. The van der Waals surface area contributed by atoms with E-state index in [2.05, 4.69) is 56.9 Å². The molecule has 0 aliphatic carbocycles. The number of hydrogen-bond donors (Lipinski definition) is 1. The van der Waals surface area contributed by atoms with Crippen molar-refractivity contribution in [1.82, 2.24) is 4.90 Å². The topological polar surface area (TPSA) is 29.3 Å². The first-order chi connectivity index (χ1) is 8.54. The van der Waals surface area contributed by atoms with Crippen LogP contribution in [0.25, 0.3) is 0 Å². The highest BCUT2D eigenvalue weighted by Crippen LogP contribution is 2.20. The van der Waals surface area contributed by atoms with Crippen molar-refractivity contribution in [2.24, 2.45) is 17.6 Å². The maximum atomic E-state index is 6.35. The van der Waals surface area contributed by atoms with Gasteiger partial charge in [-0.05, 0) is 23.9 Å². The van der Waals surface area contributed by atoms with Crippen LogP contribution in [0, 0.1) is 11.8 Å². The van der Waals surface area contributed by atoms with Gasteiger partial charge in [-0.1, -0.05) is 58.0 Å². The fourth-order valence-electron chi connectivity index (χ4n) is 2.37. The average molecular weight is 248 g/mol. The van der Waals surface area contributed by atoms with E-state index < -0.39 is 0 Å². The third-order valence-corrected chi connectivity index (χ3v) is 3.41. The monoisotopic (exact) mass is 248 g/mol. The summed E-state index contributed by atoms with van der Waals surface area (Å²) in [5.41, 5.74) is 7.59. The molecule has 0 aromatic heterocycles. The van der Waals surface area contributed by atoms with Crippen LogP contribution in [0.4, 0.5) is 0 Å². The predicted octanol–water partition coefficient (Wildman–Crippen LogP) is 3.30. The summed E-state index contributed by atoms with van der Waals surface area (Å²) in [6, 6.07) is 10.5. The molecule has 102 valence electrons. The molecule has 0 saturated carbocycles. The Hall–Kier alpha value is -0.860. The molecule has 2 nitrogen and oxygen atoms in total. The van der Waals surface area contributed by atoms with Gasteiger partial charge in [0.25, 0.3) is 0 Å². The van der Waals surface area contributed by atoms with Crippen molar-refractivity contribution < 1.29 is 0 Å². The lowest BCUT2D eigenvalue weighted by Gasteiger charge is -2.29. The van der Waals surface area contributed by atoms with E-state index in [1.54, 1.807) is 0 Å². The smallest absolute Gasteiger partial charge is 0.0333 e. The first-order valence-electron chi connectivity index (χ1n) is 7.07. The zero-order chi connectivity index (χ0) is 13.5. The lowest BCUT2D eigenvalue weighted by atomic mass is 9.94. The largest absolute Gasteiger partial charge is 0.324 e. The number of hydrogen-bond acceptors (Lipinski definition) is 2. The third-order valence-electron chi connectivity index (χ3n) is 3.41. The Morgan fingerprint density at radius 3 is 2.17 bits per heavy atom. The number of rotatable bonds is 7. The second-order valence-corrected chi connectivity index (χ2v) is 5.66. The molecule has 0 heterocycles. The van der Waals surface area contributed by atoms with Gasteiger partial charge in [0.2, 0.25) is 0 Å². The molecule has 1 aromatic rings. The molecule has 2 atom stereocenters. The maximum absolute atomic E-state index is 6.35. The summed E-state index contributed by atoms with van der Waals surface area (Å²) in [4.78, 5) is 2.50. The van der Waals surface area contributed by atoms with Gasteiger partial charge in [-0.3, -0.25) is 0 Å². The quantitative estimate of drug-likeness (QED) is 0.802. The van der Waals surface area contributed by atoms with E-state index in [4.69, 9.17) is 5.73 Å². The van der Waals surface area contributed by atoms with Crippen LogP contribution in [0.2, 0.25) is 0 Å². The molecule has 1 rings (SSSR count). The van der Waals surface area contributed by atoms with Gasteiger partial charge in [0.1, 0.15) is 0 Å². The van der Waals surface area contributed by atoms with Crippen LogP contribution in [-0.2, 0) is 0 Å². The van der Waals surface area contributed by atoms with Crippen molar-refractivity contribution >= 4 is 0 Å². The van der Waals surface area contributed by atoms with E-state index in [9.17, 15) is 0 Å². The van der Waals surface area contributed by atoms with Crippen molar-refractivity contribution in [3.63, 3.8) is 0 Å². The zero-order valence-corrected chi connectivity index (χ0v) is 12.3. The highest BCUT2D eigenvalue weighted by atomic mass is 15.1. The molecule has 1 aromatic carbocycles. The van der Waals surface area contributed by atoms with E-state index in [-0.39, 0.29) is 6.04 Å². The SMILES string of the molecule is CCN(CC(C)C)CC(C)C(N)c1ccccc1. The van der Waals surface area contributed by atoms with E-state index in [1.165, 1.54) is 5.56 Å². The minimum absolute atomic E-state index is 0.132. The molecule has 2 unspecified atom stereocenters. The molecule has 0 radical (unpaired) electrons. The molecular formula is C16H28N2. The lowest BCUT2D eigenvalue weighted by Crippen LogP contribution is -2.35. The minimum atomic E-state index is 0.132. The van der Waals surface area contributed by atoms with Crippen molar-refractivity contribution in [1.29, 1.82) is 0 Å². The molecule has 2 heteroatoms. The molecule has 0 aliphatic heterocycles. The predicted molar refractivity (Wildman–Crippen MR) is 79.5 cm³/mol. The van der Waals surface area contributed by atoms with Crippen LogP contribution in [0.5, 0.6) is 0 Å². The summed E-state index contributed by atoms with van der Waals surface area (Å²) in [7, 11) is 0. The van der Waals surface area contributed by atoms with E-state index >= 15 is 0 Å². The molecule has 0 spiro atoms. The van der Waals surface area contributed by atoms with Crippen LogP contribution in [0.15, 0.2) is 30.3 Å². The Kier molecular flexibility index (Phi) is 6.37. The summed E-state index contributed by atoms with van der Waals surface area (Å²) in [5, 5.41) is 0. The van der Waals surface area contributed by atoms with E-state index in [0.29, 0.717) is 11.8 Å². The summed E-state index contributed by atoms with van der Waals surface area (Å²) < 4.78 is 0. The maximum Gasteiger partial charge on any atom is 0.0333 e. The Labute approximate surface area is 112 Å². The molecule has 0 saturated heterocycles. The first-order valence-corrected chi connectivity index (χ1v) is 7.07. The number of benzene rings is 1. The molecule has 2 N–H and O–H groups in total. The second kappa shape index (κ2) is 7.55. The van der Waals surface area contributed by atoms with Crippen molar-refractivity contribution in [2.45, 2.75) is 33.7 Å². The number of nitrogens with two attached hydrogens (primary N) is 1. The third kappa shape index (κ3) is 4.79. The van der Waals surface area contributed by atoms with Crippen LogP contribution >= 0.6 is 0 Å². The average Bonchev–Trinajstić information content (AvgIpc) is 2.37. The number of nitrogens with zero attached hydrogens (tertiary/aromatic N) is 1. The van der Waals surface area contributed by atoms with E-state index in [1.807, 2.05) is 6.07 Å². The van der Waals surface area contributed by atoms with Crippen molar-refractivity contribution in [3.05, 3.63) is 35.9 Å². The minimum Gasteiger partial charge on any atom is -0.324 e. The van der Waals surface area contributed by atoms with Crippen LogP contribution < -0.4 is 5.73 Å². The van der Waals surface area contributed by atoms with Crippen LogP contribution in [-0.4, -0.2) is 24.5 Å². The molecule has 0 aliphatic rings. The normalized spacial score (nSPS) is 15.1. The summed E-state index contributed by atoms with van der Waals surface area (Å²) in [6.45, 7) is 12.3.